The third-order valence-electron chi connectivity index (χ3n) is 3.75. The topological polar surface area (TPSA) is 118 Å². The molecule has 0 spiro atoms. The standard InChI is InChI=1S/C17H10ClFN8/c18-11-1-9(5-20)2-12(19)17(11)27-13-3-15(22-6-10(13)7-25-27)26-16-4-14(21)23-8-24-16/h1-4,6-8H,(H3,21,22,23,24,26). The van der Waals surface area contributed by atoms with E-state index in [2.05, 4.69) is 25.4 Å². The van der Waals surface area contributed by atoms with Crippen molar-refractivity contribution in [3.63, 3.8) is 0 Å². The monoisotopic (exact) mass is 380 g/mol. The van der Waals surface area contributed by atoms with E-state index in [9.17, 15) is 4.39 Å². The number of nitrogen functional groups attached to an aromatic ring is 1. The molecule has 0 bridgehead atoms. The molecule has 0 aliphatic carbocycles. The molecule has 0 unspecified atom stereocenters. The summed E-state index contributed by atoms with van der Waals surface area (Å²) in [5, 5.41) is 16.9. The lowest BCUT2D eigenvalue weighted by Crippen LogP contribution is -2.03. The Morgan fingerprint density at radius 1 is 1.11 bits per heavy atom. The van der Waals surface area contributed by atoms with Gasteiger partial charge in [-0.3, -0.25) is 0 Å². The van der Waals surface area contributed by atoms with Gasteiger partial charge in [0.05, 0.1) is 28.4 Å². The summed E-state index contributed by atoms with van der Waals surface area (Å²) in [5.41, 5.74) is 6.39. The smallest absolute Gasteiger partial charge is 0.151 e. The number of hydrogen-bond acceptors (Lipinski definition) is 7. The predicted molar refractivity (Wildman–Crippen MR) is 98.3 cm³/mol. The normalized spacial score (nSPS) is 10.7. The molecule has 3 aromatic heterocycles. The zero-order valence-corrected chi connectivity index (χ0v) is 14.3. The summed E-state index contributed by atoms with van der Waals surface area (Å²) < 4.78 is 15.9. The Labute approximate surface area is 157 Å². The lowest BCUT2D eigenvalue weighted by molar-refractivity contribution is 0.613. The summed E-state index contributed by atoms with van der Waals surface area (Å²) in [4.78, 5) is 12.2. The number of rotatable bonds is 3. The van der Waals surface area contributed by atoms with Crippen LogP contribution in [0.15, 0.2) is 43.0 Å². The van der Waals surface area contributed by atoms with E-state index in [0.29, 0.717) is 28.4 Å². The van der Waals surface area contributed by atoms with E-state index < -0.39 is 5.82 Å². The van der Waals surface area contributed by atoms with Crippen molar-refractivity contribution in [3.05, 3.63) is 59.4 Å². The van der Waals surface area contributed by atoms with Gasteiger partial charge in [-0.2, -0.15) is 10.4 Å². The second kappa shape index (κ2) is 6.51. The number of aromatic nitrogens is 5. The van der Waals surface area contributed by atoms with Gasteiger partial charge in [-0.25, -0.2) is 24.0 Å². The first-order chi connectivity index (χ1) is 13.0. The number of nitrogens with one attached hydrogen (secondary N) is 1. The van der Waals surface area contributed by atoms with Crippen molar-refractivity contribution in [2.75, 3.05) is 11.1 Å². The lowest BCUT2D eigenvalue weighted by atomic mass is 10.2. The molecular formula is C17H10ClFN8. The SMILES string of the molecule is N#Cc1cc(F)c(-n2ncc3cnc(Nc4cc(N)ncn4)cc32)c(Cl)c1. The third-order valence-corrected chi connectivity index (χ3v) is 4.04. The van der Waals surface area contributed by atoms with Crippen LogP contribution in [0, 0.1) is 17.1 Å². The van der Waals surface area contributed by atoms with Gasteiger partial charge in [0.2, 0.25) is 0 Å². The van der Waals surface area contributed by atoms with Crippen LogP contribution in [-0.2, 0) is 0 Å². The fourth-order valence-electron chi connectivity index (χ4n) is 2.57. The van der Waals surface area contributed by atoms with Crippen LogP contribution in [0.5, 0.6) is 0 Å². The van der Waals surface area contributed by atoms with E-state index >= 15 is 0 Å². The van der Waals surface area contributed by atoms with Crippen molar-refractivity contribution in [2.45, 2.75) is 0 Å². The van der Waals surface area contributed by atoms with Crippen LogP contribution in [0.3, 0.4) is 0 Å². The average Bonchev–Trinajstić information content (AvgIpc) is 3.04. The Morgan fingerprint density at radius 3 is 2.67 bits per heavy atom. The zero-order valence-electron chi connectivity index (χ0n) is 13.6. The molecule has 27 heavy (non-hydrogen) atoms. The van der Waals surface area contributed by atoms with E-state index in [1.807, 2.05) is 6.07 Å². The van der Waals surface area contributed by atoms with Crippen molar-refractivity contribution in [2.24, 2.45) is 0 Å². The Bertz CT molecular complexity index is 1190. The molecule has 0 saturated heterocycles. The maximum Gasteiger partial charge on any atom is 0.151 e. The first-order valence-corrected chi connectivity index (χ1v) is 8.01. The van der Waals surface area contributed by atoms with Crippen molar-refractivity contribution < 1.29 is 4.39 Å². The number of hydrogen-bond donors (Lipinski definition) is 2. The summed E-state index contributed by atoms with van der Waals surface area (Å²) >= 11 is 6.18. The molecule has 0 aliphatic rings. The van der Waals surface area contributed by atoms with Gasteiger partial charge in [-0.1, -0.05) is 11.6 Å². The number of pyridine rings is 1. The highest BCUT2D eigenvalue weighted by atomic mass is 35.5. The molecule has 0 amide bonds. The van der Waals surface area contributed by atoms with Gasteiger partial charge in [0.1, 0.15) is 29.5 Å². The molecule has 1 aromatic carbocycles. The minimum absolute atomic E-state index is 0.0501. The Morgan fingerprint density at radius 2 is 1.93 bits per heavy atom. The van der Waals surface area contributed by atoms with Gasteiger partial charge in [0, 0.05) is 23.7 Å². The summed E-state index contributed by atoms with van der Waals surface area (Å²) in [6.07, 6.45) is 4.45. The molecule has 3 heterocycles. The molecule has 0 aliphatic heterocycles. The minimum atomic E-state index is -0.654. The minimum Gasteiger partial charge on any atom is -0.384 e. The van der Waals surface area contributed by atoms with Gasteiger partial charge in [0.25, 0.3) is 0 Å². The summed E-state index contributed by atoms with van der Waals surface area (Å²) in [7, 11) is 0. The van der Waals surface area contributed by atoms with Crippen LogP contribution < -0.4 is 11.1 Å². The van der Waals surface area contributed by atoms with Crippen LogP contribution in [0.25, 0.3) is 16.6 Å². The summed E-state index contributed by atoms with van der Waals surface area (Å²) in [5.74, 6) is 0.569. The molecule has 3 N–H and O–H groups in total. The van der Waals surface area contributed by atoms with Crippen molar-refractivity contribution in [1.29, 1.82) is 5.26 Å². The van der Waals surface area contributed by atoms with Gasteiger partial charge in [0.15, 0.2) is 5.82 Å². The fraction of sp³-hybridized carbons (Fsp3) is 0. The number of halogens is 2. The molecule has 0 atom stereocenters. The molecule has 4 aromatic rings. The third kappa shape index (κ3) is 3.09. The van der Waals surface area contributed by atoms with E-state index in [-0.39, 0.29) is 16.3 Å². The van der Waals surface area contributed by atoms with Gasteiger partial charge < -0.3 is 11.1 Å². The first kappa shape index (κ1) is 16.7. The van der Waals surface area contributed by atoms with Gasteiger partial charge in [-0.05, 0) is 12.1 Å². The Kier molecular flexibility index (Phi) is 4.02. The van der Waals surface area contributed by atoms with Crippen molar-refractivity contribution in [3.8, 4) is 11.8 Å². The first-order valence-electron chi connectivity index (χ1n) is 7.63. The maximum absolute atomic E-state index is 14.5. The zero-order chi connectivity index (χ0) is 19.0. The number of benzene rings is 1. The van der Waals surface area contributed by atoms with Crippen LogP contribution in [0.4, 0.5) is 21.8 Å². The highest BCUT2D eigenvalue weighted by molar-refractivity contribution is 6.32. The Hall–Kier alpha value is -3.77. The van der Waals surface area contributed by atoms with E-state index in [0.717, 1.165) is 6.07 Å². The quantitative estimate of drug-likeness (QED) is 0.560. The molecule has 10 heteroatoms. The number of fused-ring (bicyclic) bond motifs is 1. The van der Waals surface area contributed by atoms with Crippen LogP contribution >= 0.6 is 11.6 Å². The molecular weight excluding hydrogens is 371 g/mol. The number of anilines is 3. The van der Waals surface area contributed by atoms with E-state index in [1.165, 1.54) is 17.1 Å². The predicted octanol–water partition coefficient (Wildman–Crippen LogP) is 3.20. The molecule has 4 rings (SSSR count). The second-order valence-corrected chi connectivity index (χ2v) is 5.95. The van der Waals surface area contributed by atoms with Gasteiger partial charge >= 0.3 is 0 Å². The lowest BCUT2D eigenvalue weighted by Gasteiger charge is -2.09. The number of nitriles is 1. The fourth-order valence-corrected chi connectivity index (χ4v) is 2.86. The van der Waals surface area contributed by atoms with Gasteiger partial charge in [-0.15, -0.1) is 0 Å². The Balaban J connectivity index is 1.81. The molecule has 8 nitrogen and oxygen atoms in total. The number of nitrogens with two attached hydrogens (primary N) is 1. The summed E-state index contributed by atoms with van der Waals surface area (Å²) in [6, 6.07) is 7.59. The average molecular weight is 381 g/mol. The highest BCUT2D eigenvalue weighted by Gasteiger charge is 2.16. The second-order valence-electron chi connectivity index (χ2n) is 5.54. The van der Waals surface area contributed by atoms with Crippen molar-refractivity contribution in [1.82, 2.24) is 24.7 Å². The van der Waals surface area contributed by atoms with E-state index in [4.69, 9.17) is 22.6 Å². The molecule has 0 radical (unpaired) electrons. The van der Waals surface area contributed by atoms with Crippen LogP contribution in [0.1, 0.15) is 5.56 Å². The summed E-state index contributed by atoms with van der Waals surface area (Å²) in [6.45, 7) is 0. The maximum atomic E-state index is 14.5. The molecule has 0 saturated carbocycles. The largest absolute Gasteiger partial charge is 0.384 e. The van der Waals surface area contributed by atoms with Crippen molar-refractivity contribution >= 4 is 40.0 Å². The van der Waals surface area contributed by atoms with Crippen LogP contribution in [0.2, 0.25) is 5.02 Å². The molecule has 0 fully saturated rings. The molecule has 132 valence electrons. The van der Waals surface area contributed by atoms with Crippen LogP contribution in [-0.4, -0.2) is 24.7 Å². The number of nitrogens with zero attached hydrogens (tertiary/aromatic N) is 6. The van der Waals surface area contributed by atoms with E-state index in [1.54, 1.807) is 24.5 Å². The highest BCUT2D eigenvalue weighted by Crippen LogP contribution is 2.29.